The number of carboxylic acids is 1. The molecule has 0 rings (SSSR count). The number of nitrogens with one attached hydrogen (secondary N) is 2. The maximum absolute atomic E-state index is 11.7. The average molecular weight is 362 g/mol. The van der Waals surface area contributed by atoms with Crippen molar-refractivity contribution in [2.75, 3.05) is 59.3 Å². The van der Waals surface area contributed by atoms with Crippen molar-refractivity contribution in [1.82, 2.24) is 20.4 Å². The number of carboxylic acid groups (broad SMARTS) is 1. The Bertz CT molecular complexity index is 405. The molecule has 0 unspecified atom stereocenters. The van der Waals surface area contributed by atoms with Crippen molar-refractivity contribution < 1.29 is 19.5 Å². The molecule has 0 aliphatic carbocycles. The summed E-state index contributed by atoms with van der Waals surface area (Å²) >= 11 is 1.36. The summed E-state index contributed by atoms with van der Waals surface area (Å²) in [7, 11) is 7.56. The number of rotatable bonds is 13. The van der Waals surface area contributed by atoms with Crippen LogP contribution in [0.1, 0.15) is 12.8 Å². The van der Waals surface area contributed by atoms with Gasteiger partial charge >= 0.3 is 5.97 Å². The van der Waals surface area contributed by atoms with E-state index in [2.05, 4.69) is 10.6 Å². The second-order valence-electron chi connectivity index (χ2n) is 6.01. The van der Waals surface area contributed by atoms with Crippen molar-refractivity contribution in [3.63, 3.8) is 0 Å². The third-order valence-electron chi connectivity index (χ3n) is 3.08. The predicted molar refractivity (Wildman–Crippen MR) is 96.2 cm³/mol. The van der Waals surface area contributed by atoms with E-state index in [-0.39, 0.29) is 24.0 Å². The second-order valence-corrected chi connectivity index (χ2v) is 7.11. The van der Waals surface area contributed by atoms with Gasteiger partial charge in [-0.05, 0) is 40.4 Å². The minimum atomic E-state index is -1.05. The van der Waals surface area contributed by atoms with E-state index in [1.165, 1.54) is 11.8 Å². The zero-order chi connectivity index (χ0) is 18.5. The summed E-state index contributed by atoms with van der Waals surface area (Å²) in [5.74, 6) is -0.615. The van der Waals surface area contributed by atoms with Crippen molar-refractivity contribution in [1.29, 1.82) is 0 Å². The Morgan fingerprint density at radius 2 is 1.67 bits per heavy atom. The highest BCUT2D eigenvalue weighted by Gasteiger charge is 2.19. The van der Waals surface area contributed by atoms with Crippen LogP contribution in [0.3, 0.4) is 0 Å². The number of hydrogen-bond acceptors (Lipinski definition) is 6. The van der Waals surface area contributed by atoms with E-state index >= 15 is 0 Å². The molecule has 24 heavy (non-hydrogen) atoms. The van der Waals surface area contributed by atoms with Gasteiger partial charge in [0.25, 0.3) is 0 Å². The molecular formula is C15H30N4O4S. The van der Waals surface area contributed by atoms with Crippen LogP contribution < -0.4 is 10.6 Å². The number of carbonyl (C=O) groups is 3. The number of aliphatic carboxylic acids is 1. The van der Waals surface area contributed by atoms with Crippen molar-refractivity contribution >= 4 is 29.5 Å². The summed E-state index contributed by atoms with van der Waals surface area (Å²) in [6.45, 7) is 1.93. The number of amides is 2. The lowest BCUT2D eigenvalue weighted by Gasteiger charge is -2.15. The van der Waals surface area contributed by atoms with Crippen LogP contribution in [0.15, 0.2) is 0 Å². The van der Waals surface area contributed by atoms with Crippen molar-refractivity contribution in [2.24, 2.45) is 0 Å². The topological polar surface area (TPSA) is 102 Å². The summed E-state index contributed by atoms with van der Waals surface area (Å²) in [6.07, 6.45) is 0.552. The Balaban J connectivity index is 3.95. The first-order valence-electron chi connectivity index (χ1n) is 7.88. The largest absolute Gasteiger partial charge is 0.480 e. The van der Waals surface area contributed by atoms with Crippen LogP contribution in [-0.2, 0) is 14.4 Å². The molecule has 2 amide bonds. The quantitative estimate of drug-likeness (QED) is 0.373. The molecule has 0 aromatic rings. The third kappa shape index (κ3) is 13.1. The molecule has 0 heterocycles. The molecular weight excluding hydrogens is 332 g/mol. The number of thioether (sulfide) groups is 1. The molecule has 0 bridgehead atoms. The van der Waals surface area contributed by atoms with Gasteiger partial charge in [-0.3, -0.25) is 9.59 Å². The molecule has 0 saturated heterocycles. The van der Waals surface area contributed by atoms with Gasteiger partial charge in [-0.2, -0.15) is 11.8 Å². The molecule has 0 aliphatic heterocycles. The molecule has 0 aliphatic rings. The van der Waals surface area contributed by atoms with E-state index in [1.54, 1.807) is 0 Å². The van der Waals surface area contributed by atoms with E-state index in [1.807, 2.05) is 38.0 Å². The minimum Gasteiger partial charge on any atom is -0.480 e. The van der Waals surface area contributed by atoms with Crippen LogP contribution >= 0.6 is 11.8 Å². The fraction of sp³-hybridized carbons (Fsp3) is 0.800. The zero-order valence-electron chi connectivity index (χ0n) is 15.0. The Labute approximate surface area is 148 Å². The van der Waals surface area contributed by atoms with E-state index < -0.39 is 12.0 Å². The number of likely N-dealkylation sites (N-methyl/N-ethyl adjacent to an activating group) is 1. The first kappa shape index (κ1) is 22.7. The molecule has 8 nitrogen and oxygen atoms in total. The number of carbonyl (C=O) groups excluding carboxylic acids is 2. The smallest absolute Gasteiger partial charge is 0.326 e. The summed E-state index contributed by atoms with van der Waals surface area (Å²) in [5, 5.41) is 14.5. The molecule has 0 aromatic carbocycles. The highest BCUT2D eigenvalue weighted by Crippen LogP contribution is 2.05. The fourth-order valence-electron chi connectivity index (χ4n) is 1.69. The normalized spacial score (nSPS) is 12.2. The lowest BCUT2D eigenvalue weighted by Crippen LogP contribution is -2.42. The maximum atomic E-state index is 11.7. The lowest BCUT2D eigenvalue weighted by atomic mass is 10.2. The van der Waals surface area contributed by atoms with E-state index in [0.29, 0.717) is 25.3 Å². The Kier molecular flexibility index (Phi) is 12.3. The van der Waals surface area contributed by atoms with E-state index in [0.717, 1.165) is 6.54 Å². The first-order chi connectivity index (χ1) is 11.2. The standard InChI is InChI=1S/C15H30N4O4S/c1-18(2)8-5-13(20)17-12(15(22)23)6-10-24-11-14(21)16-7-9-19(3)4/h12H,5-11H2,1-4H3,(H,16,21)(H,17,20)(H,22,23)/t12-/m0/s1. The van der Waals surface area contributed by atoms with Gasteiger partial charge in [0.2, 0.25) is 11.8 Å². The molecule has 140 valence electrons. The van der Waals surface area contributed by atoms with Gasteiger partial charge in [0.1, 0.15) is 6.04 Å². The summed E-state index contributed by atoms with van der Waals surface area (Å²) in [5.41, 5.74) is 0. The highest BCUT2D eigenvalue weighted by atomic mass is 32.2. The summed E-state index contributed by atoms with van der Waals surface area (Å²) < 4.78 is 0. The molecule has 0 fully saturated rings. The van der Waals surface area contributed by atoms with Crippen LogP contribution in [0, 0.1) is 0 Å². The van der Waals surface area contributed by atoms with Crippen LogP contribution in [0.25, 0.3) is 0 Å². The van der Waals surface area contributed by atoms with Gasteiger partial charge in [-0.25, -0.2) is 4.79 Å². The average Bonchev–Trinajstić information content (AvgIpc) is 2.47. The molecule has 0 aromatic heterocycles. The van der Waals surface area contributed by atoms with Crippen molar-refractivity contribution in [2.45, 2.75) is 18.9 Å². The van der Waals surface area contributed by atoms with Crippen molar-refractivity contribution in [3.8, 4) is 0 Å². The number of nitrogens with zero attached hydrogens (tertiary/aromatic N) is 2. The Morgan fingerprint density at radius 1 is 1.04 bits per heavy atom. The maximum Gasteiger partial charge on any atom is 0.326 e. The van der Waals surface area contributed by atoms with Crippen molar-refractivity contribution in [3.05, 3.63) is 0 Å². The van der Waals surface area contributed by atoms with E-state index in [4.69, 9.17) is 5.11 Å². The van der Waals surface area contributed by atoms with Gasteiger partial charge < -0.3 is 25.5 Å². The van der Waals surface area contributed by atoms with Crippen LogP contribution in [0.4, 0.5) is 0 Å². The Hall–Kier alpha value is -1.32. The molecule has 0 saturated carbocycles. The molecule has 3 N–H and O–H groups in total. The van der Waals surface area contributed by atoms with Crippen LogP contribution in [-0.4, -0.2) is 98.1 Å². The van der Waals surface area contributed by atoms with Gasteiger partial charge in [0.15, 0.2) is 0 Å². The van der Waals surface area contributed by atoms with Crippen LogP contribution in [0.2, 0.25) is 0 Å². The van der Waals surface area contributed by atoms with Gasteiger partial charge in [0.05, 0.1) is 5.75 Å². The first-order valence-corrected chi connectivity index (χ1v) is 9.04. The molecule has 0 radical (unpaired) electrons. The summed E-state index contributed by atoms with van der Waals surface area (Å²) in [4.78, 5) is 38.3. The molecule has 1 atom stereocenters. The van der Waals surface area contributed by atoms with Gasteiger partial charge in [-0.1, -0.05) is 0 Å². The van der Waals surface area contributed by atoms with Gasteiger partial charge in [-0.15, -0.1) is 0 Å². The van der Waals surface area contributed by atoms with Gasteiger partial charge in [0, 0.05) is 26.1 Å². The SMILES string of the molecule is CN(C)CCNC(=O)CSCC[C@H](NC(=O)CCN(C)C)C(=O)O. The Morgan fingerprint density at radius 3 is 2.21 bits per heavy atom. The highest BCUT2D eigenvalue weighted by molar-refractivity contribution is 7.99. The third-order valence-corrected chi connectivity index (χ3v) is 4.08. The monoisotopic (exact) mass is 362 g/mol. The van der Waals surface area contributed by atoms with E-state index in [9.17, 15) is 14.4 Å². The molecule has 0 spiro atoms. The minimum absolute atomic E-state index is 0.0660. The second kappa shape index (κ2) is 13.0. The van der Waals surface area contributed by atoms with Crippen LogP contribution in [0.5, 0.6) is 0 Å². The number of hydrogen-bond donors (Lipinski definition) is 3. The summed E-state index contributed by atoms with van der Waals surface area (Å²) in [6, 6.07) is -0.913. The predicted octanol–water partition coefficient (Wildman–Crippen LogP) is -0.691. The fourth-order valence-corrected chi connectivity index (χ4v) is 2.52. The zero-order valence-corrected chi connectivity index (χ0v) is 15.8. The molecule has 9 heteroatoms. The lowest BCUT2D eigenvalue weighted by molar-refractivity contribution is -0.141.